The van der Waals surface area contributed by atoms with Crippen LogP contribution >= 0.6 is 0 Å². The number of alkyl halides is 1. The van der Waals surface area contributed by atoms with Crippen molar-refractivity contribution in [1.29, 1.82) is 0 Å². The molecule has 0 aromatic heterocycles. The molecule has 0 saturated carbocycles. The average Bonchev–Trinajstić information content (AvgIpc) is 3.46. The molecule has 0 radical (unpaired) electrons. The highest BCUT2D eigenvalue weighted by Crippen LogP contribution is 2.32. The maximum atomic E-state index is 15.7. The van der Waals surface area contributed by atoms with E-state index in [1.165, 1.54) is 30.0 Å². The minimum Gasteiger partial charge on any atom is -0.368 e. The number of likely N-dealkylation sites (tertiary alicyclic amines) is 1. The fourth-order valence-electron chi connectivity index (χ4n) is 4.79. The molecular weight excluding hydrogens is 481 g/mol. The molecule has 1 N–H and O–H groups in total. The summed E-state index contributed by atoms with van der Waals surface area (Å²) in [6, 6.07) is 6.97. The number of carbonyl (C=O) groups is 1. The van der Waals surface area contributed by atoms with Gasteiger partial charge >= 0.3 is 0 Å². The van der Waals surface area contributed by atoms with Crippen LogP contribution in [-0.2, 0) is 26.0 Å². The summed E-state index contributed by atoms with van der Waals surface area (Å²) in [4.78, 5) is 14.4. The maximum absolute atomic E-state index is 15.7. The van der Waals surface area contributed by atoms with E-state index in [9.17, 15) is 17.6 Å². The fraction of sp³-hybridized carbons (Fsp3) is 0.480. The van der Waals surface area contributed by atoms with Crippen molar-refractivity contribution in [3.05, 3.63) is 59.2 Å². The molecule has 0 unspecified atom stereocenters. The number of nitrogens with zero attached hydrogens (tertiary/aromatic N) is 1. The van der Waals surface area contributed by atoms with E-state index in [0.717, 1.165) is 0 Å². The van der Waals surface area contributed by atoms with Crippen LogP contribution in [0.4, 0.5) is 13.2 Å². The number of hydrogen-bond donors (Lipinski definition) is 1. The Kier molecular flexibility index (Phi) is 7.54. The van der Waals surface area contributed by atoms with Gasteiger partial charge < -0.3 is 9.64 Å². The summed E-state index contributed by atoms with van der Waals surface area (Å²) in [5.41, 5.74) is 0.634. The lowest BCUT2D eigenvalue weighted by Crippen LogP contribution is -2.51. The standard InChI is InChI=1S/C25H29F3N2O4S/c1-3-35(32,33)29-24-19(26)14-30(25(31)21-11-6-12-34-21)20(24)13-16-8-5-10-18(23(16)28)17-9-4-7-15(2)22(17)27/h4-5,7-10,19-21,24,29H,3,6,11-14H2,1-2H3/t19-,20-,21+,24-/m0/s1. The molecule has 10 heteroatoms. The topological polar surface area (TPSA) is 75.7 Å². The van der Waals surface area contributed by atoms with Crippen LogP contribution in [-0.4, -0.2) is 62.5 Å². The molecule has 2 aromatic carbocycles. The smallest absolute Gasteiger partial charge is 0.252 e. The molecule has 0 bridgehead atoms. The first-order valence-corrected chi connectivity index (χ1v) is 13.4. The van der Waals surface area contributed by atoms with Gasteiger partial charge in [-0.15, -0.1) is 0 Å². The highest BCUT2D eigenvalue weighted by atomic mass is 32.2. The second kappa shape index (κ2) is 10.3. The van der Waals surface area contributed by atoms with Crippen molar-refractivity contribution >= 4 is 15.9 Å². The SMILES string of the molecule is CCS(=O)(=O)N[C@H]1[C@@H](F)CN(C(=O)[C@H]2CCCO2)[C@H]1Cc1cccc(-c2cccc(C)c2F)c1F. The van der Waals surface area contributed by atoms with E-state index in [2.05, 4.69) is 4.72 Å². The summed E-state index contributed by atoms with van der Waals surface area (Å²) in [6.07, 6.45) is -1.38. The molecule has 2 saturated heterocycles. The van der Waals surface area contributed by atoms with E-state index in [0.29, 0.717) is 25.0 Å². The third kappa shape index (κ3) is 5.24. The molecule has 2 fully saturated rings. The molecule has 4 atom stereocenters. The number of amides is 1. The summed E-state index contributed by atoms with van der Waals surface area (Å²) in [7, 11) is -3.80. The van der Waals surface area contributed by atoms with Gasteiger partial charge in [0.05, 0.1) is 24.4 Å². The molecule has 4 rings (SSSR count). The lowest BCUT2D eigenvalue weighted by Gasteiger charge is -2.30. The minimum atomic E-state index is -3.80. The van der Waals surface area contributed by atoms with Gasteiger partial charge in [-0.3, -0.25) is 4.79 Å². The normalized spacial score (nSPS) is 24.8. The number of rotatable bonds is 7. The quantitative estimate of drug-likeness (QED) is 0.619. The Labute approximate surface area is 203 Å². The number of aryl methyl sites for hydroxylation is 1. The van der Waals surface area contributed by atoms with Gasteiger partial charge in [-0.25, -0.2) is 26.3 Å². The zero-order valence-electron chi connectivity index (χ0n) is 19.6. The Morgan fingerprint density at radius 2 is 1.83 bits per heavy atom. The van der Waals surface area contributed by atoms with E-state index in [1.54, 1.807) is 25.1 Å². The minimum absolute atomic E-state index is 0.0428. The van der Waals surface area contributed by atoms with E-state index in [1.807, 2.05) is 0 Å². The van der Waals surface area contributed by atoms with Gasteiger partial charge in [0.1, 0.15) is 23.9 Å². The number of halogens is 3. The molecule has 2 aliphatic heterocycles. The Bertz CT molecular complexity index is 1200. The molecular formula is C25H29F3N2O4S. The van der Waals surface area contributed by atoms with Crippen LogP contribution in [0.1, 0.15) is 30.9 Å². The Balaban J connectivity index is 1.71. The van der Waals surface area contributed by atoms with Gasteiger partial charge in [-0.1, -0.05) is 36.4 Å². The predicted molar refractivity (Wildman–Crippen MR) is 126 cm³/mol. The first-order valence-electron chi connectivity index (χ1n) is 11.7. The van der Waals surface area contributed by atoms with Crippen LogP contribution in [0.5, 0.6) is 0 Å². The van der Waals surface area contributed by atoms with Crippen molar-refractivity contribution in [3.63, 3.8) is 0 Å². The molecule has 2 aliphatic rings. The van der Waals surface area contributed by atoms with Gasteiger partial charge in [-0.05, 0) is 44.2 Å². The number of benzene rings is 2. The molecule has 190 valence electrons. The van der Waals surface area contributed by atoms with E-state index < -0.39 is 51.9 Å². The largest absolute Gasteiger partial charge is 0.368 e. The van der Waals surface area contributed by atoms with E-state index >= 15 is 8.78 Å². The van der Waals surface area contributed by atoms with Crippen LogP contribution in [0.25, 0.3) is 11.1 Å². The lowest BCUT2D eigenvalue weighted by molar-refractivity contribution is -0.142. The Morgan fingerprint density at radius 3 is 2.49 bits per heavy atom. The van der Waals surface area contributed by atoms with Gasteiger partial charge in [0.25, 0.3) is 5.91 Å². The van der Waals surface area contributed by atoms with Crippen molar-refractivity contribution in [2.45, 2.75) is 57.5 Å². The maximum Gasteiger partial charge on any atom is 0.252 e. The second-order valence-corrected chi connectivity index (χ2v) is 11.1. The monoisotopic (exact) mass is 510 g/mol. The molecule has 6 nitrogen and oxygen atoms in total. The summed E-state index contributed by atoms with van der Waals surface area (Å²) in [6.45, 7) is 3.10. The number of carbonyl (C=O) groups excluding carboxylic acids is 1. The Morgan fingerprint density at radius 1 is 1.14 bits per heavy atom. The Hall–Kier alpha value is -2.43. The summed E-state index contributed by atoms with van der Waals surface area (Å²) >= 11 is 0. The summed E-state index contributed by atoms with van der Waals surface area (Å²) in [5.74, 6) is -1.94. The molecule has 0 aliphatic carbocycles. The van der Waals surface area contributed by atoms with Gasteiger partial charge in [0.2, 0.25) is 10.0 Å². The van der Waals surface area contributed by atoms with Crippen LogP contribution in [0, 0.1) is 18.6 Å². The number of sulfonamides is 1. The lowest BCUT2D eigenvalue weighted by atomic mass is 9.94. The first-order chi connectivity index (χ1) is 16.6. The van der Waals surface area contributed by atoms with Crippen LogP contribution in [0.15, 0.2) is 36.4 Å². The predicted octanol–water partition coefficient (Wildman–Crippen LogP) is 3.52. The number of ether oxygens (including phenoxy) is 1. The highest BCUT2D eigenvalue weighted by Gasteiger charge is 2.47. The summed E-state index contributed by atoms with van der Waals surface area (Å²) < 4.78 is 77.9. The van der Waals surface area contributed by atoms with Crippen LogP contribution in [0.2, 0.25) is 0 Å². The van der Waals surface area contributed by atoms with Gasteiger partial charge in [-0.2, -0.15) is 0 Å². The van der Waals surface area contributed by atoms with Crippen molar-refractivity contribution in [2.24, 2.45) is 0 Å². The fourth-order valence-corrected chi connectivity index (χ4v) is 5.68. The van der Waals surface area contributed by atoms with Crippen molar-refractivity contribution in [2.75, 3.05) is 18.9 Å². The third-order valence-electron chi connectivity index (χ3n) is 6.75. The van der Waals surface area contributed by atoms with E-state index in [4.69, 9.17) is 4.74 Å². The van der Waals surface area contributed by atoms with Crippen LogP contribution in [0.3, 0.4) is 0 Å². The van der Waals surface area contributed by atoms with Gasteiger partial charge in [0.15, 0.2) is 0 Å². The zero-order chi connectivity index (χ0) is 25.3. The highest BCUT2D eigenvalue weighted by molar-refractivity contribution is 7.89. The van der Waals surface area contributed by atoms with E-state index in [-0.39, 0.29) is 35.4 Å². The first kappa shape index (κ1) is 25.7. The van der Waals surface area contributed by atoms with Crippen molar-refractivity contribution in [3.8, 4) is 11.1 Å². The zero-order valence-corrected chi connectivity index (χ0v) is 20.5. The third-order valence-corrected chi connectivity index (χ3v) is 8.14. The second-order valence-electron chi connectivity index (χ2n) is 9.04. The number of hydrogen-bond acceptors (Lipinski definition) is 4. The molecule has 1 amide bonds. The molecule has 35 heavy (non-hydrogen) atoms. The molecule has 2 heterocycles. The van der Waals surface area contributed by atoms with Crippen LogP contribution < -0.4 is 4.72 Å². The average molecular weight is 511 g/mol. The molecule has 2 aromatic rings. The molecule has 0 spiro atoms. The summed E-state index contributed by atoms with van der Waals surface area (Å²) in [5, 5.41) is 0. The van der Waals surface area contributed by atoms with Gasteiger partial charge in [0, 0.05) is 17.7 Å². The number of nitrogens with one attached hydrogen (secondary N) is 1. The van der Waals surface area contributed by atoms with Crippen molar-refractivity contribution in [1.82, 2.24) is 9.62 Å². The van der Waals surface area contributed by atoms with Crippen molar-refractivity contribution < 1.29 is 31.1 Å².